The fourth-order valence-electron chi connectivity index (χ4n) is 4.41. The molecule has 1 aliphatic rings. The molecule has 0 unspecified atom stereocenters. The average molecular weight is 385 g/mol. The number of amides is 1. The largest absolute Gasteiger partial charge is 0.338 e. The number of hydrogen-bond donors (Lipinski definition) is 1. The van der Waals surface area contributed by atoms with E-state index in [-0.39, 0.29) is 11.3 Å². The number of rotatable bonds is 3. The number of carbonyl (C=O) groups excluding carboxylic acids is 1. The molecule has 0 radical (unpaired) electrons. The van der Waals surface area contributed by atoms with Crippen molar-refractivity contribution in [3.63, 3.8) is 0 Å². The number of nitrogens with zero attached hydrogens (tertiary/aromatic N) is 4. The summed E-state index contributed by atoms with van der Waals surface area (Å²) in [6, 6.07) is 16.6. The van der Waals surface area contributed by atoms with Gasteiger partial charge in [-0.1, -0.05) is 36.4 Å². The minimum absolute atomic E-state index is 0.0160. The molecule has 4 aromatic rings. The Hall–Kier alpha value is -3.41. The lowest BCUT2D eigenvalue weighted by Crippen LogP contribution is -2.46. The van der Waals surface area contributed by atoms with E-state index >= 15 is 0 Å². The van der Waals surface area contributed by atoms with Crippen molar-refractivity contribution in [1.82, 2.24) is 24.3 Å². The lowest BCUT2D eigenvalue weighted by atomic mass is 9.70. The van der Waals surface area contributed by atoms with E-state index in [1.54, 1.807) is 6.20 Å². The molecule has 4 heterocycles. The van der Waals surface area contributed by atoms with Crippen LogP contribution < -0.4 is 0 Å². The summed E-state index contributed by atoms with van der Waals surface area (Å²) >= 11 is 0. The van der Waals surface area contributed by atoms with E-state index in [1.165, 1.54) is 5.56 Å². The van der Waals surface area contributed by atoms with E-state index in [0.29, 0.717) is 18.8 Å². The van der Waals surface area contributed by atoms with Crippen LogP contribution in [-0.2, 0) is 5.41 Å². The Kier molecular flexibility index (Phi) is 4.19. The summed E-state index contributed by atoms with van der Waals surface area (Å²) in [4.78, 5) is 27.0. The van der Waals surface area contributed by atoms with Gasteiger partial charge in [0.2, 0.25) is 0 Å². The van der Waals surface area contributed by atoms with Gasteiger partial charge < -0.3 is 14.3 Å². The summed E-state index contributed by atoms with van der Waals surface area (Å²) < 4.78 is 2.07. The van der Waals surface area contributed by atoms with Crippen LogP contribution in [0.5, 0.6) is 0 Å². The second kappa shape index (κ2) is 6.88. The Labute approximate surface area is 169 Å². The Morgan fingerprint density at radius 2 is 1.83 bits per heavy atom. The van der Waals surface area contributed by atoms with Crippen LogP contribution in [-0.4, -0.2) is 43.2 Å². The molecule has 0 atom stereocenters. The summed E-state index contributed by atoms with van der Waals surface area (Å²) in [6.45, 7) is 3.22. The standard InChI is InChI=1S/C23H23N5O/c1-17-24-15-19(25-17)22(29)27-13-10-23(11-14-27,18-7-3-2-4-8-18)20-16-28-12-6-5-9-21(28)26-20/h2-9,12,15-16H,10-11,13-14H2,1H3,(H,24,25). The Bertz CT molecular complexity index is 1120. The van der Waals surface area contributed by atoms with Gasteiger partial charge in [0.05, 0.1) is 11.9 Å². The van der Waals surface area contributed by atoms with Crippen molar-refractivity contribution in [1.29, 1.82) is 0 Å². The number of pyridine rings is 1. The number of imidazole rings is 2. The SMILES string of the molecule is Cc1ncc(C(=O)N2CCC(c3ccccc3)(c3cn4ccccc4n3)CC2)[nH]1. The van der Waals surface area contributed by atoms with E-state index in [2.05, 4.69) is 44.8 Å². The third-order valence-electron chi connectivity index (χ3n) is 6.02. The molecule has 1 aliphatic heterocycles. The quantitative estimate of drug-likeness (QED) is 0.586. The second-order valence-electron chi connectivity index (χ2n) is 7.71. The maximum absolute atomic E-state index is 12.9. The van der Waals surface area contributed by atoms with Crippen LogP contribution in [0.1, 0.15) is 40.4 Å². The van der Waals surface area contributed by atoms with E-state index in [1.807, 2.05) is 42.3 Å². The van der Waals surface area contributed by atoms with Crippen LogP contribution in [0.15, 0.2) is 67.1 Å². The molecule has 0 saturated carbocycles. The lowest BCUT2D eigenvalue weighted by molar-refractivity contribution is 0.0678. The third-order valence-corrected chi connectivity index (χ3v) is 6.02. The normalized spacial score (nSPS) is 16.2. The van der Waals surface area contributed by atoms with Gasteiger partial charge in [-0.3, -0.25) is 4.79 Å². The van der Waals surface area contributed by atoms with Crippen molar-refractivity contribution in [2.75, 3.05) is 13.1 Å². The number of hydrogen-bond acceptors (Lipinski definition) is 3. The Morgan fingerprint density at radius 1 is 1.07 bits per heavy atom. The van der Waals surface area contributed by atoms with Crippen LogP contribution in [0.25, 0.3) is 5.65 Å². The molecule has 5 rings (SSSR count). The average Bonchev–Trinajstić information content (AvgIpc) is 3.40. The smallest absolute Gasteiger partial charge is 0.271 e. The number of aryl methyl sites for hydroxylation is 1. The fraction of sp³-hybridized carbons (Fsp3) is 0.261. The van der Waals surface area contributed by atoms with Gasteiger partial charge in [0.25, 0.3) is 5.91 Å². The van der Waals surface area contributed by atoms with E-state index < -0.39 is 0 Å². The summed E-state index contributed by atoms with van der Waals surface area (Å²) in [6.07, 6.45) is 7.46. The van der Waals surface area contributed by atoms with E-state index in [0.717, 1.165) is 30.0 Å². The number of H-pyrrole nitrogens is 1. The zero-order chi connectivity index (χ0) is 19.8. The van der Waals surface area contributed by atoms with Gasteiger partial charge in [-0.2, -0.15) is 0 Å². The molecule has 0 bridgehead atoms. The molecule has 0 spiro atoms. The molecule has 1 aromatic carbocycles. The number of nitrogens with one attached hydrogen (secondary N) is 1. The highest BCUT2D eigenvalue weighted by atomic mass is 16.2. The zero-order valence-electron chi connectivity index (χ0n) is 16.4. The molecule has 0 aliphatic carbocycles. The van der Waals surface area contributed by atoms with E-state index in [4.69, 9.17) is 4.98 Å². The second-order valence-corrected chi connectivity index (χ2v) is 7.71. The molecule has 3 aromatic heterocycles. The molecule has 146 valence electrons. The molecule has 1 fully saturated rings. The van der Waals surface area contributed by atoms with Crippen LogP contribution in [0.2, 0.25) is 0 Å². The zero-order valence-corrected chi connectivity index (χ0v) is 16.4. The highest BCUT2D eigenvalue weighted by molar-refractivity contribution is 5.92. The van der Waals surface area contributed by atoms with Gasteiger partial charge in [0, 0.05) is 30.9 Å². The molecule has 1 N–H and O–H groups in total. The minimum atomic E-state index is -0.200. The maximum Gasteiger partial charge on any atom is 0.271 e. The first kappa shape index (κ1) is 17.7. The van der Waals surface area contributed by atoms with Crippen LogP contribution >= 0.6 is 0 Å². The molecular weight excluding hydrogens is 362 g/mol. The van der Waals surface area contributed by atoms with Crippen LogP contribution in [0, 0.1) is 6.92 Å². The highest BCUT2D eigenvalue weighted by Gasteiger charge is 2.41. The molecule has 1 saturated heterocycles. The van der Waals surface area contributed by atoms with E-state index in [9.17, 15) is 4.79 Å². The van der Waals surface area contributed by atoms with Crippen molar-refractivity contribution in [2.24, 2.45) is 0 Å². The monoisotopic (exact) mass is 385 g/mol. The third kappa shape index (κ3) is 3.01. The summed E-state index contributed by atoms with van der Waals surface area (Å²) in [5, 5.41) is 0. The fourth-order valence-corrected chi connectivity index (χ4v) is 4.41. The molecule has 6 heteroatoms. The van der Waals surface area contributed by atoms with Crippen molar-refractivity contribution in [2.45, 2.75) is 25.2 Å². The van der Waals surface area contributed by atoms with Crippen molar-refractivity contribution in [3.05, 3.63) is 89.9 Å². The van der Waals surface area contributed by atoms with Gasteiger partial charge in [0.1, 0.15) is 17.2 Å². The van der Waals surface area contributed by atoms with Crippen molar-refractivity contribution in [3.8, 4) is 0 Å². The predicted octanol–water partition coefficient (Wildman–Crippen LogP) is 3.59. The topological polar surface area (TPSA) is 66.3 Å². The first-order valence-electron chi connectivity index (χ1n) is 9.96. The Morgan fingerprint density at radius 3 is 2.52 bits per heavy atom. The number of aromatic nitrogens is 4. The minimum Gasteiger partial charge on any atom is -0.338 e. The van der Waals surface area contributed by atoms with Gasteiger partial charge in [0.15, 0.2) is 0 Å². The highest BCUT2D eigenvalue weighted by Crippen LogP contribution is 2.41. The van der Waals surface area contributed by atoms with Gasteiger partial charge >= 0.3 is 0 Å². The first-order valence-corrected chi connectivity index (χ1v) is 9.96. The summed E-state index contributed by atoms with van der Waals surface area (Å²) in [5.41, 5.74) is 3.63. The summed E-state index contributed by atoms with van der Waals surface area (Å²) in [7, 11) is 0. The predicted molar refractivity (Wildman–Crippen MR) is 111 cm³/mol. The number of benzene rings is 1. The van der Waals surface area contributed by atoms with Crippen LogP contribution in [0.3, 0.4) is 0 Å². The van der Waals surface area contributed by atoms with Gasteiger partial charge in [-0.25, -0.2) is 9.97 Å². The Balaban J connectivity index is 1.49. The lowest BCUT2D eigenvalue weighted by Gasteiger charge is -2.41. The van der Waals surface area contributed by atoms with Crippen LogP contribution in [0.4, 0.5) is 0 Å². The molecule has 29 heavy (non-hydrogen) atoms. The molecule has 1 amide bonds. The number of carbonyl (C=O) groups is 1. The molecule has 6 nitrogen and oxygen atoms in total. The number of piperidine rings is 1. The first-order chi connectivity index (χ1) is 14.2. The summed E-state index contributed by atoms with van der Waals surface area (Å²) in [5.74, 6) is 0.774. The maximum atomic E-state index is 12.9. The number of likely N-dealkylation sites (tertiary alicyclic amines) is 1. The van der Waals surface area contributed by atoms with Gasteiger partial charge in [-0.15, -0.1) is 0 Å². The van der Waals surface area contributed by atoms with Crippen molar-refractivity contribution >= 4 is 11.6 Å². The van der Waals surface area contributed by atoms with Gasteiger partial charge in [-0.05, 0) is 37.5 Å². The molecular formula is C23H23N5O. The number of fused-ring (bicyclic) bond motifs is 1. The number of aromatic amines is 1. The van der Waals surface area contributed by atoms with Crippen molar-refractivity contribution < 1.29 is 4.79 Å².